The van der Waals surface area contributed by atoms with Gasteiger partial charge in [-0.05, 0) is 61.9 Å². The normalized spacial score (nSPS) is 23.6. The molecule has 1 aliphatic heterocycles. The summed E-state index contributed by atoms with van der Waals surface area (Å²) in [6.07, 6.45) is 5.45. The van der Waals surface area contributed by atoms with Crippen LogP contribution in [-0.2, 0) is 11.8 Å². The minimum absolute atomic E-state index is 0.544. The first kappa shape index (κ1) is 10.3. The molecule has 1 aliphatic carbocycles. The number of piperidine rings is 1. The van der Waals surface area contributed by atoms with E-state index < -0.39 is 0 Å². The molecule has 1 heteroatoms. The highest BCUT2D eigenvalue weighted by molar-refractivity contribution is 5.39. The molecule has 1 spiro atoms. The SMILES string of the molecule is CCN1CCC2(CCc3ccccc32)CC1. The number of hydrogen-bond acceptors (Lipinski definition) is 1. The number of hydrogen-bond donors (Lipinski definition) is 0. The van der Waals surface area contributed by atoms with Crippen molar-refractivity contribution in [3.8, 4) is 0 Å². The quantitative estimate of drug-likeness (QED) is 0.696. The van der Waals surface area contributed by atoms with E-state index in [1.165, 1.54) is 45.3 Å². The third-order valence-electron chi connectivity index (χ3n) is 4.72. The number of aryl methyl sites for hydroxylation is 1. The monoisotopic (exact) mass is 215 g/mol. The van der Waals surface area contributed by atoms with Crippen molar-refractivity contribution >= 4 is 0 Å². The molecule has 1 fully saturated rings. The molecular weight excluding hydrogens is 194 g/mol. The Labute approximate surface area is 98.5 Å². The van der Waals surface area contributed by atoms with Gasteiger partial charge in [0.1, 0.15) is 0 Å². The summed E-state index contributed by atoms with van der Waals surface area (Å²) < 4.78 is 0. The zero-order valence-corrected chi connectivity index (χ0v) is 10.2. The van der Waals surface area contributed by atoms with Crippen LogP contribution in [0.15, 0.2) is 24.3 Å². The summed E-state index contributed by atoms with van der Waals surface area (Å²) >= 11 is 0. The lowest BCUT2D eigenvalue weighted by Crippen LogP contribution is -2.41. The van der Waals surface area contributed by atoms with Crippen LogP contribution >= 0.6 is 0 Å². The highest BCUT2D eigenvalue weighted by atomic mass is 15.1. The third kappa shape index (κ3) is 1.49. The molecule has 1 nitrogen and oxygen atoms in total. The van der Waals surface area contributed by atoms with Crippen LogP contribution in [0.4, 0.5) is 0 Å². The Morgan fingerprint density at radius 2 is 1.88 bits per heavy atom. The zero-order chi connectivity index (χ0) is 11.0. The molecule has 0 saturated carbocycles. The molecule has 86 valence electrons. The van der Waals surface area contributed by atoms with Gasteiger partial charge in [-0.15, -0.1) is 0 Å². The van der Waals surface area contributed by atoms with Gasteiger partial charge in [0.25, 0.3) is 0 Å². The van der Waals surface area contributed by atoms with E-state index >= 15 is 0 Å². The van der Waals surface area contributed by atoms with Crippen molar-refractivity contribution in [1.82, 2.24) is 4.90 Å². The van der Waals surface area contributed by atoms with Gasteiger partial charge in [-0.3, -0.25) is 0 Å². The van der Waals surface area contributed by atoms with Crippen molar-refractivity contribution in [2.45, 2.75) is 38.0 Å². The fraction of sp³-hybridized carbons (Fsp3) is 0.600. The largest absolute Gasteiger partial charge is 0.304 e. The summed E-state index contributed by atoms with van der Waals surface area (Å²) in [5, 5.41) is 0. The first-order valence-electron chi connectivity index (χ1n) is 6.65. The van der Waals surface area contributed by atoms with Crippen LogP contribution in [0.2, 0.25) is 0 Å². The summed E-state index contributed by atoms with van der Waals surface area (Å²) in [5.41, 5.74) is 3.83. The van der Waals surface area contributed by atoms with Crippen LogP contribution in [0.1, 0.15) is 37.3 Å². The molecule has 0 atom stereocenters. The van der Waals surface area contributed by atoms with Gasteiger partial charge in [0.05, 0.1) is 0 Å². The lowest BCUT2D eigenvalue weighted by Gasteiger charge is -2.39. The van der Waals surface area contributed by atoms with E-state index in [9.17, 15) is 0 Å². The van der Waals surface area contributed by atoms with Crippen molar-refractivity contribution in [3.05, 3.63) is 35.4 Å². The second-order valence-corrected chi connectivity index (χ2v) is 5.37. The topological polar surface area (TPSA) is 3.24 Å². The highest BCUT2D eigenvalue weighted by Gasteiger charge is 2.40. The summed E-state index contributed by atoms with van der Waals surface area (Å²) in [7, 11) is 0. The van der Waals surface area contributed by atoms with Gasteiger partial charge >= 0.3 is 0 Å². The van der Waals surface area contributed by atoms with E-state index in [1.54, 1.807) is 11.1 Å². The molecule has 0 unspecified atom stereocenters. The summed E-state index contributed by atoms with van der Waals surface area (Å²) in [4.78, 5) is 2.59. The van der Waals surface area contributed by atoms with Crippen LogP contribution in [-0.4, -0.2) is 24.5 Å². The highest BCUT2D eigenvalue weighted by Crippen LogP contribution is 2.45. The van der Waals surface area contributed by atoms with Gasteiger partial charge in [-0.2, -0.15) is 0 Å². The second kappa shape index (κ2) is 3.89. The molecule has 0 amide bonds. The van der Waals surface area contributed by atoms with E-state index in [0.717, 1.165) is 0 Å². The predicted molar refractivity (Wildman–Crippen MR) is 67.8 cm³/mol. The summed E-state index contributed by atoms with van der Waals surface area (Å²) in [6.45, 7) is 6.09. The van der Waals surface area contributed by atoms with E-state index in [4.69, 9.17) is 0 Å². The molecule has 2 aliphatic rings. The molecular formula is C15H21N. The molecule has 1 aromatic rings. The fourth-order valence-electron chi connectivity index (χ4n) is 3.58. The Morgan fingerprint density at radius 1 is 1.12 bits per heavy atom. The molecule has 16 heavy (non-hydrogen) atoms. The van der Waals surface area contributed by atoms with Crippen LogP contribution in [0, 0.1) is 0 Å². The smallest absolute Gasteiger partial charge is 0.00103 e. The Morgan fingerprint density at radius 3 is 2.62 bits per heavy atom. The van der Waals surface area contributed by atoms with Crippen molar-refractivity contribution in [1.29, 1.82) is 0 Å². The number of nitrogens with zero attached hydrogens (tertiary/aromatic N) is 1. The molecule has 3 rings (SSSR count). The average molecular weight is 215 g/mol. The first-order valence-corrected chi connectivity index (χ1v) is 6.65. The number of rotatable bonds is 1. The number of benzene rings is 1. The summed E-state index contributed by atoms with van der Waals surface area (Å²) in [6, 6.07) is 9.12. The van der Waals surface area contributed by atoms with Gasteiger partial charge in [0.15, 0.2) is 0 Å². The molecule has 1 aromatic carbocycles. The van der Waals surface area contributed by atoms with Gasteiger partial charge in [0.2, 0.25) is 0 Å². The maximum Gasteiger partial charge on any atom is -0.00103 e. The number of fused-ring (bicyclic) bond motifs is 2. The van der Waals surface area contributed by atoms with Crippen molar-refractivity contribution in [3.63, 3.8) is 0 Å². The average Bonchev–Trinajstić information content (AvgIpc) is 2.71. The van der Waals surface area contributed by atoms with Gasteiger partial charge in [-0.25, -0.2) is 0 Å². The molecule has 0 aromatic heterocycles. The van der Waals surface area contributed by atoms with Crippen molar-refractivity contribution < 1.29 is 0 Å². The van der Waals surface area contributed by atoms with Crippen molar-refractivity contribution in [2.24, 2.45) is 0 Å². The summed E-state index contributed by atoms with van der Waals surface area (Å²) in [5.74, 6) is 0. The van der Waals surface area contributed by atoms with Crippen LogP contribution in [0.25, 0.3) is 0 Å². The standard InChI is InChI=1S/C15H21N/c1-2-16-11-9-15(10-12-16)8-7-13-5-3-4-6-14(13)15/h3-6H,2,7-12H2,1H3. The van der Waals surface area contributed by atoms with Gasteiger partial charge in [-0.1, -0.05) is 31.2 Å². The van der Waals surface area contributed by atoms with E-state index in [1.807, 2.05) is 0 Å². The third-order valence-corrected chi connectivity index (χ3v) is 4.72. The minimum atomic E-state index is 0.544. The Bertz CT molecular complexity index is 375. The molecule has 0 radical (unpaired) electrons. The fourth-order valence-corrected chi connectivity index (χ4v) is 3.58. The van der Waals surface area contributed by atoms with Crippen LogP contribution in [0.3, 0.4) is 0 Å². The maximum atomic E-state index is 2.59. The molecule has 1 saturated heterocycles. The molecule has 1 heterocycles. The Hall–Kier alpha value is -0.820. The number of likely N-dealkylation sites (tertiary alicyclic amines) is 1. The van der Waals surface area contributed by atoms with Crippen LogP contribution < -0.4 is 0 Å². The Kier molecular flexibility index (Phi) is 2.51. The van der Waals surface area contributed by atoms with Gasteiger partial charge < -0.3 is 4.90 Å². The van der Waals surface area contributed by atoms with Crippen LogP contribution in [0.5, 0.6) is 0 Å². The lowest BCUT2D eigenvalue weighted by molar-refractivity contribution is 0.165. The lowest BCUT2D eigenvalue weighted by atomic mass is 9.74. The Balaban J connectivity index is 1.87. The second-order valence-electron chi connectivity index (χ2n) is 5.37. The zero-order valence-electron chi connectivity index (χ0n) is 10.2. The molecule has 0 N–H and O–H groups in total. The predicted octanol–water partition coefficient (Wildman–Crippen LogP) is 2.99. The van der Waals surface area contributed by atoms with E-state index in [0.29, 0.717) is 5.41 Å². The van der Waals surface area contributed by atoms with E-state index in [-0.39, 0.29) is 0 Å². The van der Waals surface area contributed by atoms with E-state index in [2.05, 4.69) is 36.1 Å². The minimum Gasteiger partial charge on any atom is -0.304 e. The molecule has 0 bridgehead atoms. The first-order chi connectivity index (χ1) is 7.84. The van der Waals surface area contributed by atoms with Crippen molar-refractivity contribution in [2.75, 3.05) is 19.6 Å². The maximum absolute atomic E-state index is 2.59. The van der Waals surface area contributed by atoms with Gasteiger partial charge in [0, 0.05) is 0 Å².